The first-order valence-corrected chi connectivity index (χ1v) is 6.87. The standard InChI is InChI=1S/C14H27NO2/c1-4-15(9-10-16)13(17)11-12-5-7-14(2,3)8-6-12/h12,16H,4-11H2,1-3H3. The number of likely N-dealkylation sites (N-methyl/N-ethyl adjacent to an activating group) is 1. The van der Waals surface area contributed by atoms with E-state index in [1.54, 1.807) is 4.90 Å². The second-order valence-electron chi connectivity index (χ2n) is 6.01. The fraction of sp³-hybridized carbons (Fsp3) is 0.929. The molecule has 1 amide bonds. The molecule has 0 aromatic heterocycles. The fourth-order valence-electron chi connectivity index (χ4n) is 2.62. The minimum Gasteiger partial charge on any atom is -0.395 e. The van der Waals surface area contributed by atoms with E-state index in [9.17, 15) is 4.79 Å². The molecular weight excluding hydrogens is 214 g/mol. The summed E-state index contributed by atoms with van der Waals surface area (Å²) in [6.07, 6.45) is 5.49. The zero-order chi connectivity index (χ0) is 12.9. The highest BCUT2D eigenvalue weighted by Crippen LogP contribution is 2.39. The van der Waals surface area contributed by atoms with Gasteiger partial charge in [-0.1, -0.05) is 13.8 Å². The van der Waals surface area contributed by atoms with Gasteiger partial charge in [-0.2, -0.15) is 0 Å². The molecule has 0 bridgehead atoms. The van der Waals surface area contributed by atoms with Gasteiger partial charge in [0.2, 0.25) is 5.91 Å². The zero-order valence-corrected chi connectivity index (χ0v) is 11.5. The van der Waals surface area contributed by atoms with E-state index in [1.165, 1.54) is 25.7 Å². The SMILES string of the molecule is CCN(CCO)C(=O)CC1CCC(C)(C)CC1. The van der Waals surface area contributed by atoms with E-state index in [0.717, 1.165) is 0 Å². The molecule has 1 aliphatic carbocycles. The predicted octanol–water partition coefficient (Wildman–Crippen LogP) is 2.43. The average molecular weight is 241 g/mol. The second-order valence-corrected chi connectivity index (χ2v) is 6.01. The monoisotopic (exact) mass is 241 g/mol. The van der Waals surface area contributed by atoms with Crippen LogP contribution >= 0.6 is 0 Å². The Hall–Kier alpha value is -0.570. The van der Waals surface area contributed by atoms with E-state index in [-0.39, 0.29) is 12.5 Å². The Bertz CT molecular complexity index is 241. The lowest BCUT2D eigenvalue weighted by molar-refractivity contribution is -0.133. The molecule has 17 heavy (non-hydrogen) atoms. The van der Waals surface area contributed by atoms with E-state index < -0.39 is 0 Å². The van der Waals surface area contributed by atoms with Crippen LogP contribution in [0.5, 0.6) is 0 Å². The normalized spacial score (nSPS) is 20.2. The van der Waals surface area contributed by atoms with Gasteiger partial charge in [0.25, 0.3) is 0 Å². The molecule has 0 atom stereocenters. The van der Waals surface area contributed by atoms with Crippen molar-refractivity contribution in [2.45, 2.75) is 52.9 Å². The topological polar surface area (TPSA) is 40.5 Å². The quantitative estimate of drug-likeness (QED) is 0.803. The minimum absolute atomic E-state index is 0.0667. The van der Waals surface area contributed by atoms with Crippen LogP contribution in [-0.2, 0) is 4.79 Å². The van der Waals surface area contributed by atoms with Crippen molar-refractivity contribution >= 4 is 5.91 Å². The highest BCUT2D eigenvalue weighted by atomic mass is 16.3. The average Bonchev–Trinajstić information content (AvgIpc) is 2.28. The lowest BCUT2D eigenvalue weighted by Crippen LogP contribution is -2.35. The Morgan fingerprint density at radius 2 is 1.94 bits per heavy atom. The molecule has 1 aliphatic rings. The summed E-state index contributed by atoms with van der Waals surface area (Å²) in [6, 6.07) is 0. The molecule has 0 heterocycles. The molecule has 0 aromatic carbocycles. The number of nitrogens with zero attached hydrogens (tertiary/aromatic N) is 1. The van der Waals surface area contributed by atoms with Crippen molar-refractivity contribution in [1.82, 2.24) is 4.90 Å². The molecule has 1 saturated carbocycles. The van der Waals surface area contributed by atoms with E-state index >= 15 is 0 Å². The van der Waals surface area contributed by atoms with Gasteiger partial charge in [0.05, 0.1) is 6.61 Å². The molecule has 0 radical (unpaired) electrons. The molecule has 3 nitrogen and oxygen atoms in total. The van der Waals surface area contributed by atoms with Crippen molar-refractivity contribution in [1.29, 1.82) is 0 Å². The van der Waals surface area contributed by atoms with Gasteiger partial charge < -0.3 is 10.0 Å². The predicted molar refractivity (Wildman–Crippen MR) is 69.7 cm³/mol. The van der Waals surface area contributed by atoms with Gasteiger partial charge in [0.15, 0.2) is 0 Å². The van der Waals surface area contributed by atoms with Crippen LogP contribution in [-0.4, -0.2) is 35.6 Å². The largest absolute Gasteiger partial charge is 0.395 e. The van der Waals surface area contributed by atoms with Crippen molar-refractivity contribution in [3.05, 3.63) is 0 Å². The van der Waals surface area contributed by atoms with E-state index in [2.05, 4.69) is 13.8 Å². The fourth-order valence-corrected chi connectivity index (χ4v) is 2.62. The summed E-state index contributed by atoms with van der Waals surface area (Å²) < 4.78 is 0. The summed E-state index contributed by atoms with van der Waals surface area (Å²) in [5.41, 5.74) is 0.467. The number of carbonyl (C=O) groups excluding carboxylic acids is 1. The van der Waals surface area contributed by atoms with E-state index in [0.29, 0.717) is 30.8 Å². The van der Waals surface area contributed by atoms with Gasteiger partial charge in [-0.3, -0.25) is 4.79 Å². The van der Waals surface area contributed by atoms with Gasteiger partial charge in [-0.15, -0.1) is 0 Å². The van der Waals surface area contributed by atoms with Crippen LogP contribution in [0, 0.1) is 11.3 Å². The smallest absolute Gasteiger partial charge is 0.222 e. The number of aliphatic hydroxyl groups excluding tert-OH is 1. The minimum atomic E-state index is 0.0667. The third-order valence-electron chi connectivity index (χ3n) is 4.03. The third kappa shape index (κ3) is 4.66. The van der Waals surface area contributed by atoms with Crippen LogP contribution in [0.15, 0.2) is 0 Å². The number of amides is 1. The summed E-state index contributed by atoms with van der Waals surface area (Å²) >= 11 is 0. The molecular formula is C14H27NO2. The lowest BCUT2D eigenvalue weighted by Gasteiger charge is -2.34. The van der Waals surface area contributed by atoms with Crippen molar-refractivity contribution < 1.29 is 9.90 Å². The molecule has 0 saturated heterocycles. The summed E-state index contributed by atoms with van der Waals surface area (Å²) in [7, 11) is 0. The molecule has 0 aliphatic heterocycles. The first-order chi connectivity index (χ1) is 7.98. The zero-order valence-electron chi connectivity index (χ0n) is 11.5. The van der Waals surface area contributed by atoms with Crippen LogP contribution in [0.4, 0.5) is 0 Å². The highest BCUT2D eigenvalue weighted by molar-refractivity contribution is 5.76. The number of rotatable bonds is 5. The maximum absolute atomic E-state index is 12.0. The van der Waals surface area contributed by atoms with Crippen LogP contribution in [0.3, 0.4) is 0 Å². The molecule has 3 heteroatoms. The number of hydrogen-bond donors (Lipinski definition) is 1. The van der Waals surface area contributed by atoms with Crippen LogP contribution in [0.1, 0.15) is 52.9 Å². The first-order valence-electron chi connectivity index (χ1n) is 6.87. The molecule has 0 spiro atoms. The molecule has 0 aromatic rings. The lowest BCUT2D eigenvalue weighted by atomic mass is 9.72. The Morgan fingerprint density at radius 3 is 2.41 bits per heavy atom. The van der Waals surface area contributed by atoms with Crippen LogP contribution in [0.25, 0.3) is 0 Å². The Balaban J connectivity index is 2.36. The third-order valence-corrected chi connectivity index (χ3v) is 4.03. The van der Waals surface area contributed by atoms with Crippen LogP contribution in [0.2, 0.25) is 0 Å². The molecule has 1 fully saturated rings. The van der Waals surface area contributed by atoms with E-state index in [4.69, 9.17) is 5.11 Å². The molecule has 1 N–H and O–H groups in total. The van der Waals surface area contributed by atoms with Crippen LogP contribution < -0.4 is 0 Å². The molecule has 100 valence electrons. The maximum atomic E-state index is 12.0. The summed E-state index contributed by atoms with van der Waals surface area (Å²) in [5.74, 6) is 0.773. The van der Waals surface area contributed by atoms with Gasteiger partial charge in [0, 0.05) is 19.5 Å². The Kier molecular flexibility index (Phi) is 5.44. The second kappa shape index (κ2) is 6.39. The maximum Gasteiger partial charge on any atom is 0.222 e. The summed E-state index contributed by atoms with van der Waals surface area (Å²) in [4.78, 5) is 13.8. The van der Waals surface area contributed by atoms with Crippen molar-refractivity contribution in [3.8, 4) is 0 Å². The van der Waals surface area contributed by atoms with Crippen molar-refractivity contribution in [2.24, 2.45) is 11.3 Å². The molecule has 1 rings (SSSR count). The highest BCUT2D eigenvalue weighted by Gasteiger charge is 2.28. The number of aliphatic hydroxyl groups is 1. The Labute approximate surface area is 105 Å². The van der Waals surface area contributed by atoms with Gasteiger partial charge in [-0.25, -0.2) is 0 Å². The van der Waals surface area contributed by atoms with Gasteiger partial charge in [-0.05, 0) is 43.9 Å². The van der Waals surface area contributed by atoms with Crippen molar-refractivity contribution in [2.75, 3.05) is 19.7 Å². The summed E-state index contributed by atoms with van der Waals surface area (Å²) in [5, 5.41) is 8.90. The van der Waals surface area contributed by atoms with Gasteiger partial charge in [0.1, 0.15) is 0 Å². The van der Waals surface area contributed by atoms with Crippen molar-refractivity contribution in [3.63, 3.8) is 0 Å². The van der Waals surface area contributed by atoms with Gasteiger partial charge >= 0.3 is 0 Å². The van der Waals surface area contributed by atoms with E-state index in [1.807, 2.05) is 6.92 Å². The number of carbonyl (C=O) groups is 1. The Morgan fingerprint density at radius 1 is 1.35 bits per heavy atom. The summed E-state index contributed by atoms with van der Waals surface area (Å²) in [6.45, 7) is 7.85. The molecule has 0 unspecified atom stereocenters. The number of hydrogen-bond acceptors (Lipinski definition) is 2. The first kappa shape index (κ1) is 14.5.